The quantitative estimate of drug-likeness (QED) is 0.678. The van der Waals surface area contributed by atoms with Crippen LogP contribution in [0.5, 0.6) is 0 Å². The molecule has 0 aliphatic rings. The third-order valence-electron chi connectivity index (χ3n) is 4.77. The second-order valence-corrected chi connectivity index (χ2v) is 9.45. The number of nitrogens with one attached hydrogen (secondary N) is 1. The monoisotopic (exact) mass is 384 g/mol. The summed E-state index contributed by atoms with van der Waals surface area (Å²) in [6, 6.07) is 15.3. The van der Waals surface area contributed by atoms with Crippen LogP contribution in [-0.4, -0.2) is 20.2 Å². The van der Waals surface area contributed by atoms with Crippen LogP contribution in [0.15, 0.2) is 47.8 Å². The van der Waals surface area contributed by atoms with E-state index in [0.29, 0.717) is 5.92 Å². The van der Waals surface area contributed by atoms with E-state index < -0.39 is 0 Å². The van der Waals surface area contributed by atoms with Crippen LogP contribution >= 0.6 is 11.3 Å². The normalized spacial score (nSPS) is 14.4. The molecule has 2 aromatic heterocycles. The highest BCUT2D eigenvalue weighted by Gasteiger charge is 2.35. The zero-order chi connectivity index (χ0) is 19.4. The number of thiophene rings is 1. The Morgan fingerprint density at radius 2 is 1.78 bits per heavy atom. The van der Waals surface area contributed by atoms with Crippen LogP contribution in [0.3, 0.4) is 0 Å². The summed E-state index contributed by atoms with van der Waals surface area (Å²) in [6.07, 6.45) is 0. The summed E-state index contributed by atoms with van der Waals surface area (Å²) >= 11 is 1.82. The van der Waals surface area contributed by atoms with Gasteiger partial charge in [0.2, 0.25) is 5.82 Å². The number of quaternary nitrogens is 1. The molecule has 0 amide bonds. The Morgan fingerprint density at radius 3 is 2.37 bits per heavy atom. The summed E-state index contributed by atoms with van der Waals surface area (Å²) in [5.74, 6) is 1.38. The highest BCUT2D eigenvalue weighted by atomic mass is 32.1. The van der Waals surface area contributed by atoms with E-state index in [0.717, 1.165) is 18.9 Å². The highest BCUT2D eigenvalue weighted by molar-refractivity contribution is 7.09. The van der Waals surface area contributed by atoms with Crippen LogP contribution < -0.4 is 4.90 Å². The molecule has 1 aromatic carbocycles. The number of benzene rings is 1. The molecule has 2 heterocycles. The van der Waals surface area contributed by atoms with Gasteiger partial charge in [0, 0.05) is 11.5 Å². The summed E-state index contributed by atoms with van der Waals surface area (Å²) in [4.78, 5) is 2.86. The minimum absolute atomic E-state index is 0.146. The van der Waals surface area contributed by atoms with Gasteiger partial charge in [-0.1, -0.05) is 50.2 Å². The molecule has 144 valence electrons. The van der Waals surface area contributed by atoms with Crippen molar-refractivity contribution < 1.29 is 4.90 Å². The lowest BCUT2D eigenvalue weighted by molar-refractivity contribution is -0.962. The average molecular weight is 385 g/mol. The van der Waals surface area contributed by atoms with Gasteiger partial charge in [-0.2, -0.15) is 0 Å². The van der Waals surface area contributed by atoms with E-state index in [1.54, 1.807) is 0 Å². The van der Waals surface area contributed by atoms with Crippen LogP contribution in [0, 0.1) is 5.92 Å². The number of hydrogen-bond donors (Lipinski definition) is 1. The molecule has 0 saturated heterocycles. The second-order valence-electron chi connectivity index (χ2n) is 8.42. The molecule has 0 saturated carbocycles. The van der Waals surface area contributed by atoms with Gasteiger partial charge in [-0.3, -0.25) is 0 Å². The van der Waals surface area contributed by atoms with E-state index in [9.17, 15) is 0 Å². The second kappa shape index (κ2) is 8.31. The molecule has 3 aromatic rings. The molecular weight excluding hydrogens is 354 g/mol. The van der Waals surface area contributed by atoms with Gasteiger partial charge < -0.3 is 4.90 Å². The van der Waals surface area contributed by atoms with Crippen molar-refractivity contribution >= 4 is 11.3 Å². The van der Waals surface area contributed by atoms with E-state index in [1.165, 1.54) is 15.3 Å². The SMILES string of the molecule is CC(C)[C@@H](c1nnnn1C(C)(C)C)[NH+](Cc1ccccc1)Cc1cccs1. The highest BCUT2D eigenvalue weighted by Crippen LogP contribution is 2.22. The fraction of sp³-hybridized carbons (Fsp3) is 0.476. The van der Waals surface area contributed by atoms with Crippen LogP contribution in [0.4, 0.5) is 0 Å². The van der Waals surface area contributed by atoms with Crippen molar-refractivity contribution in [3.8, 4) is 0 Å². The van der Waals surface area contributed by atoms with E-state index in [1.807, 2.05) is 16.0 Å². The zero-order valence-corrected chi connectivity index (χ0v) is 17.7. The molecule has 0 bridgehead atoms. The summed E-state index contributed by atoms with van der Waals surface area (Å²) in [6.45, 7) is 12.9. The van der Waals surface area contributed by atoms with E-state index in [2.05, 4.69) is 98.0 Å². The van der Waals surface area contributed by atoms with Crippen molar-refractivity contribution in [2.75, 3.05) is 0 Å². The molecule has 3 rings (SSSR count). The number of tetrazole rings is 1. The van der Waals surface area contributed by atoms with Gasteiger partial charge >= 0.3 is 0 Å². The molecular formula is C21H30N5S+. The first-order valence-corrected chi connectivity index (χ1v) is 10.4. The van der Waals surface area contributed by atoms with Crippen molar-refractivity contribution in [3.63, 3.8) is 0 Å². The van der Waals surface area contributed by atoms with Crippen molar-refractivity contribution in [3.05, 3.63) is 64.1 Å². The first kappa shape index (κ1) is 19.7. The predicted octanol–water partition coefficient (Wildman–Crippen LogP) is 3.47. The fourth-order valence-electron chi connectivity index (χ4n) is 3.60. The molecule has 6 heteroatoms. The van der Waals surface area contributed by atoms with Crippen LogP contribution in [0.25, 0.3) is 0 Å². The molecule has 1 N–H and O–H groups in total. The van der Waals surface area contributed by atoms with Crippen LogP contribution in [0.2, 0.25) is 0 Å². The maximum atomic E-state index is 4.48. The first-order valence-electron chi connectivity index (χ1n) is 9.56. The van der Waals surface area contributed by atoms with Gasteiger partial charge in [0.25, 0.3) is 0 Å². The lowest BCUT2D eigenvalue weighted by Gasteiger charge is -2.32. The Bertz CT molecular complexity index is 818. The Balaban J connectivity index is 1.99. The zero-order valence-electron chi connectivity index (χ0n) is 16.9. The number of rotatable bonds is 7. The third kappa shape index (κ3) is 4.82. The third-order valence-corrected chi connectivity index (χ3v) is 5.65. The van der Waals surface area contributed by atoms with Crippen molar-refractivity contribution in [2.45, 2.75) is 59.3 Å². The number of aromatic nitrogens is 4. The maximum Gasteiger partial charge on any atom is 0.210 e. The van der Waals surface area contributed by atoms with Crippen molar-refractivity contribution in [2.24, 2.45) is 5.92 Å². The van der Waals surface area contributed by atoms with E-state index in [4.69, 9.17) is 0 Å². The molecule has 0 spiro atoms. The Kier molecular flexibility index (Phi) is 6.07. The van der Waals surface area contributed by atoms with Gasteiger partial charge in [0.15, 0.2) is 6.04 Å². The number of hydrogen-bond acceptors (Lipinski definition) is 4. The Morgan fingerprint density at radius 1 is 1.04 bits per heavy atom. The smallest absolute Gasteiger partial charge is 0.210 e. The predicted molar refractivity (Wildman–Crippen MR) is 110 cm³/mol. The minimum Gasteiger partial charge on any atom is -0.318 e. The van der Waals surface area contributed by atoms with Crippen LogP contribution in [0.1, 0.15) is 56.9 Å². The van der Waals surface area contributed by atoms with Gasteiger partial charge in [-0.15, -0.1) is 16.4 Å². The first-order chi connectivity index (χ1) is 12.9. The van der Waals surface area contributed by atoms with E-state index in [-0.39, 0.29) is 11.6 Å². The Labute approximate surface area is 166 Å². The standard InChI is InChI=1S/C21H29N5S/c1-16(2)19(20-22-23-24-26(20)21(3,4)5)25(15-18-12-9-13-27-18)14-17-10-7-6-8-11-17/h6-13,16,19H,14-15H2,1-5H3/p+1/t19-/m0/s1. The topological polar surface area (TPSA) is 48.0 Å². The summed E-state index contributed by atoms with van der Waals surface area (Å²) < 4.78 is 2.00. The largest absolute Gasteiger partial charge is 0.318 e. The lowest BCUT2D eigenvalue weighted by atomic mass is 9.99. The average Bonchev–Trinajstić information content (AvgIpc) is 3.27. The fourth-order valence-corrected chi connectivity index (χ4v) is 4.35. The Hall–Kier alpha value is -2.05. The molecule has 5 nitrogen and oxygen atoms in total. The van der Waals surface area contributed by atoms with Gasteiger partial charge in [0.1, 0.15) is 13.1 Å². The summed E-state index contributed by atoms with van der Waals surface area (Å²) in [5, 5.41) is 15.0. The molecule has 2 atom stereocenters. The van der Waals surface area contributed by atoms with Crippen LogP contribution in [-0.2, 0) is 18.6 Å². The van der Waals surface area contributed by atoms with Gasteiger partial charge in [-0.05, 0) is 42.6 Å². The molecule has 0 fully saturated rings. The van der Waals surface area contributed by atoms with Crippen molar-refractivity contribution in [1.29, 1.82) is 0 Å². The molecule has 0 aliphatic heterocycles. The summed E-state index contributed by atoms with van der Waals surface area (Å²) in [7, 11) is 0. The van der Waals surface area contributed by atoms with E-state index >= 15 is 0 Å². The maximum absolute atomic E-state index is 4.48. The number of nitrogens with zero attached hydrogens (tertiary/aromatic N) is 4. The molecule has 1 unspecified atom stereocenters. The minimum atomic E-state index is -0.146. The molecule has 0 radical (unpaired) electrons. The van der Waals surface area contributed by atoms with Gasteiger partial charge in [-0.25, -0.2) is 4.68 Å². The summed E-state index contributed by atoms with van der Waals surface area (Å²) in [5.41, 5.74) is 1.19. The van der Waals surface area contributed by atoms with Gasteiger partial charge in [0.05, 0.1) is 10.4 Å². The lowest BCUT2D eigenvalue weighted by Crippen LogP contribution is -3.10. The van der Waals surface area contributed by atoms with Crippen molar-refractivity contribution in [1.82, 2.24) is 20.2 Å². The molecule has 0 aliphatic carbocycles. The molecule has 27 heavy (non-hydrogen) atoms.